The van der Waals surface area contributed by atoms with Crippen LogP contribution in [-0.2, 0) is 14.3 Å². The number of carbonyl (C=O) groups is 2. The second kappa shape index (κ2) is 6.00. The molecule has 0 aliphatic carbocycles. The smallest absolute Gasteiger partial charge is 0.354 e. The molecule has 0 aliphatic heterocycles. The molecule has 1 aromatic carbocycles. The molecule has 18 heavy (non-hydrogen) atoms. The molecule has 0 saturated carbocycles. The quantitative estimate of drug-likeness (QED) is 0.657. The van der Waals surface area contributed by atoms with Crippen LogP contribution in [0.1, 0.15) is 25.0 Å². The van der Waals surface area contributed by atoms with E-state index in [0.717, 1.165) is 11.1 Å². The fourth-order valence-electron chi connectivity index (χ4n) is 1.52. The summed E-state index contributed by atoms with van der Waals surface area (Å²) < 4.78 is 4.67. The minimum atomic E-state index is -0.553. The molecule has 1 aromatic rings. The molecule has 4 nitrogen and oxygen atoms in total. The van der Waals surface area contributed by atoms with E-state index in [1.807, 2.05) is 31.2 Å². The Morgan fingerprint density at radius 3 is 2.11 bits per heavy atom. The van der Waals surface area contributed by atoms with E-state index in [-0.39, 0.29) is 11.6 Å². The first-order valence-electron chi connectivity index (χ1n) is 5.59. The van der Waals surface area contributed by atoms with Gasteiger partial charge < -0.3 is 10.1 Å². The van der Waals surface area contributed by atoms with Gasteiger partial charge in [0.15, 0.2) is 0 Å². The Labute approximate surface area is 107 Å². The lowest BCUT2D eigenvalue weighted by Crippen LogP contribution is -2.26. The lowest BCUT2D eigenvalue weighted by molar-refractivity contribution is -0.137. The van der Waals surface area contributed by atoms with Crippen molar-refractivity contribution in [1.29, 1.82) is 0 Å². The van der Waals surface area contributed by atoms with Crippen LogP contribution in [-0.4, -0.2) is 19.0 Å². The Bertz CT molecular complexity index is 486. The fraction of sp³-hybridized carbons (Fsp3) is 0.286. The van der Waals surface area contributed by atoms with E-state index >= 15 is 0 Å². The molecule has 0 aliphatic rings. The predicted octanol–water partition coefficient (Wildman–Crippen LogP) is 2.04. The van der Waals surface area contributed by atoms with Crippen LogP contribution in [0.3, 0.4) is 0 Å². The van der Waals surface area contributed by atoms with Crippen molar-refractivity contribution in [3.8, 4) is 0 Å². The van der Waals surface area contributed by atoms with E-state index in [4.69, 9.17) is 0 Å². The monoisotopic (exact) mass is 247 g/mol. The van der Waals surface area contributed by atoms with Crippen molar-refractivity contribution in [1.82, 2.24) is 5.32 Å². The minimum Gasteiger partial charge on any atom is -0.464 e. The molecule has 0 radical (unpaired) electrons. The zero-order chi connectivity index (χ0) is 13.7. The molecule has 0 spiro atoms. The number of allylic oxidation sites excluding steroid dienone is 1. The molecule has 0 saturated heterocycles. The van der Waals surface area contributed by atoms with Gasteiger partial charge in [-0.3, -0.25) is 4.79 Å². The Morgan fingerprint density at radius 1 is 1.11 bits per heavy atom. The Morgan fingerprint density at radius 2 is 1.67 bits per heavy atom. The van der Waals surface area contributed by atoms with Crippen molar-refractivity contribution in [3.63, 3.8) is 0 Å². The summed E-state index contributed by atoms with van der Waals surface area (Å²) in [5.74, 6) is -0.856. The van der Waals surface area contributed by atoms with Crippen LogP contribution in [0, 0.1) is 6.92 Å². The summed E-state index contributed by atoms with van der Waals surface area (Å²) >= 11 is 0. The molecule has 0 heterocycles. The van der Waals surface area contributed by atoms with E-state index in [0.29, 0.717) is 5.57 Å². The van der Waals surface area contributed by atoms with Gasteiger partial charge in [0.05, 0.1) is 7.11 Å². The van der Waals surface area contributed by atoms with Crippen LogP contribution >= 0.6 is 0 Å². The lowest BCUT2D eigenvalue weighted by Gasteiger charge is -2.11. The van der Waals surface area contributed by atoms with Gasteiger partial charge in [0, 0.05) is 6.92 Å². The van der Waals surface area contributed by atoms with Crippen molar-refractivity contribution in [2.75, 3.05) is 7.11 Å². The molecule has 0 atom stereocenters. The van der Waals surface area contributed by atoms with Gasteiger partial charge in [0.1, 0.15) is 5.70 Å². The summed E-state index contributed by atoms with van der Waals surface area (Å²) in [4.78, 5) is 22.7. The fourth-order valence-corrected chi connectivity index (χ4v) is 1.52. The number of nitrogens with one attached hydrogen (secondary N) is 1. The van der Waals surface area contributed by atoms with Crippen LogP contribution in [0.2, 0.25) is 0 Å². The third-order valence-corrected chi connectivity index (χ3v) is 2.55. The first-order chi connectivity index (χ1) is 8.45. The van der Waals surface area contributed by atoms with E-state index in [2.05, 4.69) is 10.1 Å². The molecule has 1 amide bonds. The number of benzene rings is 1. The average Bonchev–Trinajstić information content (AvgIpc) is 2.35. The summed E-state index contributed by atoms with van der Waals surface area (Å²) in [5, 5.41) is 2.51. The highest BCUT2D eigenvalue weighted by Crippen LogP contribution is 2.18. The third-order valence-electron chi connectivity index (χ3n) is 2.55. The molecule has 0 unspecified atom stereocenters. The van der Waals surface area contributed by atoms with Crippen molar-refractivity contribution in [2.24, 2.45) is 0 Å². The molecule has 0 fully saturated rings. The highest BCUT2D eigenvalue weighted by molar-refractivity contribution is 6.00. The van der Waals surface area contributed by atoms with Crippen LogP contribution < -0.4 is 5.32 Å². The Hall–Kier alpha value is -2.10. The number of methoxy groups -OCH3 is 1. The van der Waals surface area contributed by atoms with E-state index < -0.39 is 5.97 Å². The standard InChI is InChI=1S/C14H17NO3/c1-9-5-7-12(8-6-9)10(2)13(14(17)18-4)15-11(3)16/h5-8H,1-4H3,(H,15,16). The summed E-state index contributed by atoms with van der Waals surface area (Å²) in [6.07, 6.45) is 0. The number of hydrogen-bond acceptors (Lipinski definition) is 3. The third kappa shape index (κ3) is 3.45. The van der Waals surface area contributed by atoms with Gasteiger partial charge in [-0.05, 0) is 25.0 Å². The van der Waals surface area contributed by atoms with Crippen LogP contribution in [0.5, 0.6) is 0 Å². The normalized spacial score (nSPS) is 11.6. The first-order valence-corrected chi connectivity index (χ1v) is 5.59. The molecule has 0 bridgehead atoms. The van der Waals surface area contributed by atoms with Crippen LogP contribution in [0.15, 0.2) is 30.0 Å². The number of ether oxygens (including phenoxy) is 1. The largest absolute Gasteiger partial charge is 0.464 e. The number of hydrogen-bond donors (Lipinski definition) is 1. The maximum Gasteiger partial charge on any atom is 0.354 e. The molecule has 96 valence electrons. The Balaban J connectivity index is 3.21. The number of carbonyl (C=O) groups excluding carboxylic acids is 2. The SMILES string of the molecule is COC(=O)C(NC(C)=O)=C(C)c1ccc(C)cc1. The molecule has 4 heteroatoms. The van der Waals surface area contributed by atoms with Gasteiger partial charge in [0.2, 0.25) is 5.91 Å². The second-order valence-electron chi connectivity index (χ2n) is 4.04. The number of aryl methyl sites for hydroxylation is 1. The number of esters is 1. The van der Waals surface area contributed by atoms with Gasteiger partial charge in [0.25, 0.3) is 0 Å². The van der Waals surface area contributed by atoms with Gasteiger partial charge in [-0.15, -0.1) is 0 Å². The van der Waals surface area contributed by atoms with Gasteiger partial charge in [-0.25, -0.2) is 4.79 Å². The molecule has 1 N–H and O–H groups in total. The van der Waals surface area contributed by atoms with Crippen molar-refractivity contribution in [2.45, 2.75) is 20.8 Å². The summed E-state index contributed by atoms with van der Waals surface area (Å²) in [6.45, 7) is 5.11. The van der Waals surface area contributed by atoms with Crippen LogP contribution in [0.25, 0.3) is 5.57 Å². The zero-order valence-electron chi connectivity index (χ0n) is 11.0. The number of amides is 1. The van der Waals surface area contributed by atoms with E-state index in [1.165, 1.54) is 14.0 Å². The highest BCUT2D eigenvalue weighted by Gasteiger charge is 2.15. The molecule has 1 rings (SSSR count). The maximum absolute atomic E-state index is 11.6. The second-order valence-corrected chi connectivity index (χ2v) is 4.04. The zero-order valence-corrected chi connectivity index (χ0v) is 11.0. The predicted molar refractivity (Wildman–Crippen MR) is 69.6 cm³/mol. The minimum absolute atomic E-state index is 0.175. The van der Waals surface area contributed by atoms with Crippen molar-refractivity contribution >= 4 is 17.4 Å². The summed E-state index contributed by atoms with van der Waals surface area (Å²) in [5.41, 5.74) is 2.85. The molecular weight excluding hydrogens is 230 g/mol. The van der Waals surface area contributed by atoms with Gasteiger partial charge in [-0.1, -0.05) is 29.8 Å². The maximum atomic E-state index is 11.6. The average molecular weight is 247 g/mol. The topological polar surface area (TPSA) is 55.4 Å². The van der Waals surface area contributed by atoms with Crippen molar-refractivity contribution < 1.29 is 14.3 Å². The summed E-state index contributed by atoms with van der Waals surface area (Å²) in [7, 11) is 1.28. The van der Waals surface area contributed by atoms with Crippen LogP contribution in [0.4, 0.5) is 0 Å². The molecule has 0 aromatic heterocycles. The Kier molecular flexibility index (Phi) is 4.66. The molecular formula is C14H17NO3. The first kappa shape index (κ1) is 14.0. The van der Waals surface area contributed by atoms with Crippen molar-refractivity contribution in [3.05, 3.63) is 41.1 Å². The van der Waals surface area contributed by atoms with Gasteiger partial charge >= 0.3 is 5.97 Å². The lowest BCUT2D eigenvalue weighted by atomic mass is 10.0. The highest BCUT2D eigenvalue weighted by atomic mass is 16.5. The van der Waals surface area contributed by atoms with E-state index in [1.54, 1.807) is 6.92 Å². The van der Waals surface area contributed by atoms with E-state index in [9.17, 15) is 9.59 Å². The summed E-state index contributed by atoms with van der Waals surface area (Å²) in [6, 6.07) is 7.69. The number of rotatable bonds is 3. The van der Waals surface area contributed by atoms with Gasteiger partial charge in [-0.2, -0.15) is 0 Å².